The quantitative estimate of drug-likeness (QED) is 0.474. The predicted molar refractivity (Wildman–Crippen MR) is 0.686 cm³/mol. The Balaban J connectivity index is 0. The van der Waals surface area contributed by atoms with Gasteiger partial charge >= 0.3 is 16.5 Å². The summed E-state index contributed by atoms with van der Waals surface area (Å²) < 4.78 is 0. The second-order valence-electron chi connectivity index (χ2n) is 0. The van der Waals surface area contributed by atoms with Crippen LogP contribution in [0.15, 0.2) is 0 Å². The molecule has 0 amide bonds. The third-order valence-electron chi connectivity index (χ3n) is 0. The Morgan fingerprint density at radius 2 is 1.00 bits per heavy atom. The van der Waals surface area contributed by atoms with Gasteiger partial charge in [0, 0.05) is 33.8 Å². The van der Waals surface area contributed by atoms with E-state index in [0.717, 1.165) is 0 Å². The van der Waals surface area contributed by atoms with Crippen LogP contribution in [0.3, 0.4) is 0 Å². The maximum absolute atomic E-state index is 0. The van der Waals surface area contributed by atoms with Gasteiger partial charge in [-0.1, -0.05) is 0 Å². The van der Waals surface area contributed by atoms with Gasteiger partial charge in [-0.05, 0) is 0 Å². The Labute approximate surface area is 55.8 Å². The van der Waals surface area contributed by atoms with Crippen molar-refractivity contribution < 1.29 is 55.8 Å². The second-order valence-corrected chi connectivity index (χ2v) is 0. The Morgan fingerprint density at radius 1 is 1.00 bits per heavy atom. The van der Waals surface area contributed by atoms with Crippen molar-refractivity contribution in [1.29, 1.82) is 0 Å². The molecule has 0 aromatic carbocycles. The maximum Gasteiger partial charge on any atom is 2.00 e. The molecular formula is CoMnNiO. The van der Waals surface area contributed by atoms with E-state index < -0.39 is 0 Å². The molecule has 1 nitrogen and oxygen atoms in total. The van der Waals surface area contributed by atoms with Crippen LogP contribution in [0.4, 0.5) is 0 Å². The molecule has 0 unspecified atom stereocenters. The van der Waals surface area contributed by atoms with E-state index in [1.807, 2.05) is 0 Å². The fourth-order valence-corrected chi connectivity index (χ4v) is 0. The van der Waals surface area contributed by atoms with E-state index in [1.54, 1.807) is 0 Å². The van der Waals surface area contributed by atoms with Crippen molar-refractivity contribution in [3.8, 4) is 0 Å². The van der Waals surface area contributed by atoms with Crippen LogP contribution in [0.5, 0.6) is 0 Å². The molecule has 0 saturated carbocycles. The fourth-order valence-electron chi connectivity index (χ4n) is 0. The molecule has 0 saturated heterocycles. The van der Waals surface area contributed by atoms with Crippen molar-refractivity contribution in [2.75, 3.05) is 0 Å². The topological polar surface area (TPSA) is 28.5 Å². The van der Waals surface area contributed by atoms with Gasteiger partial charge in [-0.3, -0.25) is 0 Å². The van der Waals surface area contributed by atoms with Crippen molar-refractivity contribution in [2.45, 2.75) is 0 Å². The molecule has 0 heterocycles. The van der Waals surface area contributed by atoms with Crippen LogP contribution in [0.2, 0.25) is 0 Å². The summed E-state index contributed by atoms with van der Waals surface area (Å²) in [6, 6.07) is 0. The average molecular weight is 189 g/mol. The first kappa shape index (κ1) is 50.2. The SMILES string of the molecule is [Co].[Mn].[Ni+2].[O-2]. The van der Waals surface area contributed by atoms with Gasteiger partial charge < -0.3 is 5.48 Å². The van der Waals surface area contributed by atoms with E-state index in [2.05, 4.69) is 0 Å². The molecule has 0 bridgehead atoms. The standard InChI is InChI=1S/Co.Mn.Ni.O/q;;+2;-2. The van der Waals surface area contributed by atoms with Gasteiger partial charge in [0.05, 0.1) is 0 Å². The summed E-state index contributed by atoms with van der Waals surface area (Å²) in [7, 11) is 0. The van der Waals surface area contributed by atoms with Gasteiger partial charge in [-0.15, -0.1) is 0 Å². The normalized spacial score (nSPS) is 0. The van der Waals surface area contributed by atoms with Gasteiger partial charge in [0.15, 0.2) is 0 Å². The third kappa shape index (κ3) is 9.77. The van der Waals surface area contributed by atoms with Crippen LogP contribution < -0.4 is 0 Å². The molecule has 0 aliphatic carbocycles. The fraction of sp³-hybridized carbons (Fsp3) is 0. The van der Waals surface area contributed by atoms with Gasteiger partial charge in [0.25, 0.3) is 0 Å². The molecule has 0 aliphatic heterocycles. The minimum absolute atomic E-state index is 0. The van der Waals surface area contributed by atoms with E-state index in [9.17, 15) is 0 Å². The first-order chi connectivity index (χ1) is 0. The minimum Gasteiger partial charge on any atom is -2.00 e. The zero-order valence-electron chi connectivity index (χ0n) is 1.44. The summed E-state index contributed by atoms with van der Waals surface area (Å²) in [5.74, 6) is 0. The van der Waals surface area contributed by atoms with Crippen LogP contribution >= 0.6 is 0 Å². The summed E-state index contributed by atoms with van der Waals surface area (Å²) in [6.45, 7) is 0. The van der Waals surface area contributed by atoms with E-state index >= 15 is 0 Å². The average Bonchev–Trinajstić information content (AvgIpc) is 0. The molecule has 32 valence electrons. The molecule has 0 aliphatic rings. The Hall–Kier alpha value is 1.48. The molecule has 0 aromatic rings. The summed E-state index contributed by atoms with van der Waals surface area (Å²) in [5, 5.41) is 0. The number of hydrogen-bond donors (Lipinski definition) is 0. The molecule has 0 rings (SSSR count). The minimum atomic E-state index is 0. The summed E-state index contributed by atoms with van der Waals surface area (Å²) in [6.07, 6.45) is 0. The van der Waals surface area contributed by atoms with Gasteiger partial charge in [0.2, 0.25) is 0 Å². The largest absolute Gasteiger partial charge is 2.00 e. The monoisotopic (exact) mass is 188 g/mol. The number of rotatable bonds is 0. The molecular weight excluding hydrogens is 189 g/mol. The van der Waals surface area contributed by atoms with E-state index in [1.165, 1.54) is 0 Å². The Morgan fingerprint density at radius 3 is 1.00 bits per heavy atom. The van der Waals surface area contributed by atoms with Crippen LogP contribution in [0, 0.1) is 0 Å². The summed E-state index contributed by atoms with van der Waals surface area (Å²) >= 11 is 0. The first-order valence-corrected chi connectivity index (χ1v) is 0. The summed E-state index contributed by atoms with van der Waals surface area (Å²) in [5.41, 5.74) is 0. The molecule has 0 atom stereocenters. The predicted octanol–water partition coefficient (Wildman–Crippen LogP) is -0.126. The Bertz CT molecular complexity index is 8.00. The molecule has 0 N–H and O–H groups in total. The molecule has 2 radical (unpaired) electrons. The first-order valence-electron chi connectivity index (χ1n) is 0. The van der Waals surface area contributed by atoms with Gasteiger partial charge in [0.1, 0.15) is 0 Å². The third-order valence-corrected chi connectivity index (χ3v) is 0. The van der Waals surface area contributed by atoms with Crippen molar-refractivity contribution in [2.24, 2.45) is 0 Å². The number of hydrogen-bond acceptors (Lipinski definition) is 0. The zero-order chi connectivity index (χ0) is 0. The molecule has 4 heteroatoms. The Kier molecular flexibility index (Phi) is 311. The van der Waals surface area contributed by atoms with Crippen LogP contribution in [-0.4, -0.2) is 0 Å². The zero-order valence-corrected chi connectivity index (χ0v) is 4.64. The van der Waals surface area contributed by atoms with Crippen LogP contribution in [-0.2, 0) is 55.8 Å². The van der Waals surface area contributed by atoms with E-state index in [0.29, 0.717) is 0 Å². The van der Waals surface area contributed by atoms with Gasteiger partial charge in [-0.25, -0.2) is 0 Å². The molecule has 0 fully saturated rings. The van der Waals surface area contributed by atoms with Crippen LogP contribution in [0.1, 0.15) is 0 Å². The van der Waals surface area contributed by atoms with Crippen molar-refractivity contribution >= 4 is 0 Å². The van der Waals surface area contributed by atoms with Crippen LogP contribution in [0.25, 0.3) is 0 Å². The van der Waals surface area contributed by atoms with E-state index in [-0.39, 0.29) is 55.8 Å². The molecule has 0 aromatic heterocycles. The van der Waals surface area contributed by atoms with Crippen molar-refractivity contribution in [3.05, 3.63) is 0 Å². The van der Waals surface area contributed by atoms with Gasteiger partial charge in [-0.2, -0.15) is 0 Å². The summed E-state index contributed by atoms with van der Waals surface area (Å²) in [4.78, 5) is 0. The van der Waals surface area contributed by atoms with Crippen molar-refractivity contribution in [1.82, 2.24) is 0 Å². The second kappa shape index (κ2) is 24.8. The van der Waals surface area contributed by atoms with E-state index in [4.69, 9.17) is 0 Å². The smallest absolute Gasteiger partial charge is 2.00 e. The molecule has 0 spiro atoms. The van der Waals surface area contributed by atoms with Crippen molar-refractivity contribution in [3.63, 3.8) is 0 Å². The maximum atomic E-state index is 0. The molecule has 4 heavy (non-hydrogen) atoms.